The third-order valence-electron chi connectivity index (χ3n) is 6.41. The van der Waals surface area contributed by atoms with Gasteiger partial charge in [0, 0.05) is 5.75 Å². The average molecular weight is 462 g/mol. The highest BCUT2D eigenvalue weighted by Crippen LogP contribution is 2.32. The van der Waals surface area contributed by atoms with Crippen molar-refractivity contribution in [1.29, 1.82) is 0 Å². The SMILES string of the molecule is CCCCCCCCCCCCCCCCCCOC(=O)C1CSC(c2ccccc2)N1. The molecule has 1 aromatic rings. The molecule has 0 aromatic heterocycles. The zero-order chi connectivity index (χ0) is 22.7. The van der Waals surface area contributed by atoms with Gasteiger partial charge in [-0.25, -0.2) is 0 Å². The first-order chi connectivity index (χ1) is 15.8. The van der Waals surface area contributed by atoms with E-state index in [9.17, 15) is 4.79 Å². The highest BCUT2D eigenvalue weighted by Gasteiger charge is 2.31. The Morgan fingerprint density at radius 2 is 1.31 bits per heavy atom. The van der Waals surface area contributed by atoms with Crippen LogP contribution in [0.15, 0.2) is 30.3 Å². The number of nitrogens with one attached hydrogen (secondary N) is 1. The molecule has 182 valence electrons. The Morgan fingerprint density at radius 3 is 1.84 bits per heavy atom. The predicted octanol–water partition coefficient (Wildman–Crippen LogP) is 8.19. The molecule has 1 saturated heterocycles. The fourth-order valence-electron chi connectivity index (χ4n) is 4.35. The van der Waals surface area contributed by atoms with Crippen molar-refractivity contribution in [1.82, 2.24) is 5.32 Å². The lowest BCUT2D eigenvalue weighted by atomic mass is 10.0. The molecule has 1 heterocycles. The Balaban J connectivity index is 1.32. The zero-order valence-electron chi connectivity index (χ0n) is 20.5. The van der Waals surface area contributed by atoms with E-state index in [4.69, 9.17) is 4.74 Å². The number of hydrogen-bond donors (Lipinski definition) is 1. The topological polar surface area (TPSA) is 38.3 Å². The lowest BCUT2D eigenvalue weighted by molar-refractivity contribution is -0.145. The second-order valence-corrected chi connectivity index (χ2v) is 10.5. The summed E-state index contributed by atoms with van der Waals surface area (Å²) in [6.45, 7) is 2.85. The van der Waals surface area contributed by atoms with Crippen molar-refractivity contribution in [2.45, 2.75) is 121 Å². The van der Waals surface area contributed by atoms with Gasteiger partial charge < -0.3 is 4.74 Å². The number of unbranched alkanes of at least 4 members (excludes halogenated alkanes) is 15. The molecule has 0 amide bonds. The first-order valence-corrected chi connectivity index (χ1v) is 14.5. The van der Waals surface area contributed by atoms with Crippen LogP contribution in [0.1, 0.15) is 121 Å². The van der Waals surface area contributed by atoms with Gasteiger partial charge in [-0.15, -0.1) is 11.8 Å². The van der Waals surface area contributed by atoms with Crippen LogP contribution in [0, 0.1) is 0 Å². The van der Waals surface area contributed by atoms with Crippen LogP contribution in [-0.2, 0) is 9.53 Å². The van der Waals surface area contributed by atoms with E-state index >= 15 is 0 Å². The van der Waals surface area contributed by atoms with Crippen LogP contribution in [0.25, 0.3) is 0 Å². The molecule has 0 saturated carbocycles. The molecule has 0 bridgehead atoms. The Kier molecular flexibility index (Phi) is 15.7. The summed E-state index contributed by atoms with van der Waals surface area (Å²) in [4.78, 5) is 12.3. The molecule has 4 heteroatoms. The fourth-order valence-corrected chi connectivity index (χ4v) is 5.58. The maximum absolute atomic E-state index is 12.3. The van der Waals surface area contributed by atoms with E-state index in [-0.39, 0.29) is 17.4 Å². The van der Waals surface area contributed by atoms with Crippen LogP contribution in [0.2, 0.25) is 0 Å². The molecular weight excluding hydrogens is 414 g/mol. The molecule has 1 fully saturated rings. The number of hydrogen-bond acceptors (Lipinski definition) is 4. The van der Waals surface area contributed by atoms with E-state index in [0.717, 1.165) is 12.2 Å². The van der Waals surface area contributed by atoms with Gasteiger partial charge in [0.25, 0.3) is 0 Å². The zero-order valence-corrected chi connectivity index (χ0v) is 21.3. The lowest BCUT2D eigenvalue weighted by Crippen LogP contribution is -2.35. The third kappa shape index (κ3) is 12.3. The standard InChI is InChI=1S/C28H47NO2S/c1-2-3-4-5-6-7-8-9-10-11-12-13-14-15-16-20-23-31-28(30)26-24-32-27(29-26)25-21-18-17-19-22-25/h17-19,21-22,26-27,29H,2-16,20,23-24H2,1H3. The predicted molar refractivity (Wildman–Crippen MR) is 139 cm³/mol. The van der Waals surface area contributed by atoms with E-state index in [2.05, 4.69) is 24.4 Å². The summed E-state index contributed by atoms with van der Waals surface area (Å²) in [6, 6.07) is 10.1. The van der Waals surface area contributed by atoms with Gasteiger partial charge in [0.1, 0.15) is 6.04 Å². The molecule has 2 rings (SSSR count). The summed E-state index contributed by atoms with van der Waals surface area (Å²) in [5, 5.41) is 3.60. The summed E-state index contributed by atoms with van der Waals surface area (Å²) in [5.41, 5.74) is 1.23. The fraction of sp³-hybridized carbons (Fsp3) is 0.750. The molecule has 1 N–H and O–H groups in total. The minimum atomic E-state index is -0.175. The largest absolute Gasteiger partial charge is 0.465 e. The normalized spacial score (nSPS) is 18.2. The number of thioether (sulfide) groups is 1. The monoisotopic (exact) mass is 461 g/mol. The molecule has 3 nitrogen and oxygen atoms in total. The van der Waals surface area contributed by atoms with Crippen LogP contribution in [-0.4, -0.2) is 24.4 Å². The van der Waals surface area contributed by atoms with Gasteiger partial charge in [0.2, 0.25) is 0 Å². The van der Waals surface area contributed by atoms with E-state index < -0.39 is 0 Å². The van der Waals surface area contributed by atoms with Crippen LogP contribution in [0.4, 0.5) is 0 Å². The minimum Gasteiger partial charge on any atom is -0.465 e. The van der Waals surface area contributed by atoms with Gasteiger partial charge in [-0.1, -0.05) is 134 Å². The van der Waals surface area contributed by atoms with Crippen molar-refractivity contribution < 1.29 is 9.53 Å². The molecule has 1 aromatic carbocycles. The van der Waals surface area contributed by atoms with Crippen molar-refractivity contribution in [2.24, 2.45) is 0 Å². The number of esters is 1. The Hall–Kier alpha value is -1.00. The van der Waals surface area contributed by atoms with Gasteiger partial charge in [-0.05, 0) is 12.0 Å². The first-order valence-electron chi connectivity index (χ1n) is 13.4. The van der Waals surface area contributed by atoms with E-state index in [1.165, 1.54) is 102 Å². The van der Waals surface area contributed by atoms with Crippen molar-refractivity contribution in [3.05, 3.63) is 35.9 Å². The van der Waals surface area contributed by atoms with E-state index in [0.29, 0.717) is 6.61 Å². The van der Waals surface area contributed by atoms with Gasteiger partial charge in [-0.2, -0.15) is 0 Å². The maximum Gasteiger partial charge on any atom is 0.324 e. The van der Waals surface area contributed by atoms with Crippen molar-refractivity contribution in [3.8, 4) is 0 Å². The molecular formula is C28H47NO2S. The molecule has 2 atom stereocenters. The lowest BCUT2D eigenvalue weighted by Gasteiger charge is -2.13. The van der Waals surface area contributed by atoms with E-state index in [1.807, 2.05) is 18.2 Å². The van der Waals surface area contributed by atoms with Crippen molar-refractivity contribution >= 4 is 17.7 Å². The highest BCUT2D eigenvalue weighted by molar-refractivity contribution is 7.99. The molecule has 1 aliphatic rings. The summed E-state index contributed by atoms with van der Waals surface area (Å²) in [5.74, 6) is 0.703. The van der Waals surface area contributed by atoms with Crippen LogP contribution in [0.5, 0.6) is 0 Å². The second-order valence-electron chi connectivity index (χ2n) is 9.31. The smallest absolute Gasteiger partial charge is 0.324 e. The number of carbonyl (C=O) groups is 1. The average Bonchev–Trinajstić information content (AvgIpc) is 3.32. The maximum atomic E-state index is 12.3. The van der Waals surface area contributed by atoms with Gasteiger partial charge in [0.15, 0.2) is 0 Å². The molecule has 1 aliphatic heterocycles. The van der Waals surface area contributed by atoms with Crippen molar-refractivity contribution in [2.75, 3.05) is 12.4 Å². The number of benzene rings is 1. The quantitative estimate of drug-likeness (QED) is 0.166. The molecule has 0 radical (unpaired) electrons. The van der Waals surface area contributed by atoms with Crippen LogP contribution >= 0.6 is 11.8 Å². The molecule has 2 unspecified atom stereocenters. The number of ether oxygens (including phenoxy) is 1. The van der Waals surface area contributed by atoms with Gasteiger partial charge >= 0.3 is 5.97 Å². The number of rotatable bonds is 19. The van der Waals surface area contributed by atoms with Crippen LogP contribution < -0.4 is 5.32 Å². The highest BCUT2D eigenvalue weighted by atomic mass is 32.2. The van der Waals surface area contributed by atoms with Gasteiger partial charge in [0.05, 0.1) is 12.0 Å². The first kappa shape index (κ1) is 27.2. The van der Waals surface area contributed by atoms with Crippen LogP contribution in [0.3, 0.4) is 0 Å². The van der Waals surface area contributed by atoms with Crippen molar-refractivity contribution in [3.63, 3.8) is 0 Å². The Morgan fingerprint density at radius 1 is 0.812 bits per heavy atom. The third-order valence-corrected chi connectivity index (χ3v) is 7.68. The van der Waals surface area contributed by atoms with E-state index in [1.54, 1.807) is 11.8 Å². The molecule has 0 spiro atoms. The molecule has 0 aliphatic carbocycles. The Labute approximate surface area is 201 Å². The summed E-state index contributed by atoms with van der Waals surface area (Å²) < 4.78 is 5.51. The molecule has 32 heavy (non-hydrogen) atoms. The minimum absolute atomic E-state index is 0.0862. The second kappa shape index (κ2) is 18.4. The summed E-state index contributed by atoms with van der Waals surface area (Å²) in [6.07, 6.45) is 21.7. The number of carbonyl (C=O) groups excluding carboxylic acids is 1. The van der Waals surface area contributed by atoms with Gasteiger partial charge in [-0.3, -0.25) is 10.1 Å². The Bertz CT molecular complexity index is 580. The summed E-state index contributed by atoms with van der Waals surface area (Å²) in [7, 11) is 0. The summed E-state index contributed by atoms with van der Waals surface area (Å²) >= 11 is 1.79.